The van der Waals surface area contributed by atoms with Crippen LogP contribution in [0.4, 0.5) is 0 Å². The topological polar surface area (TPSA) is 21.3 Å². The van der Waals surface area contributed by atoms with Gasteiger partial charge in [0.05, 0.1) is 5.60 Å². The second-order valence-electron chi connectivity index (χ2n) is 6.78. The molecule has 2 aliphatic rings. The number of hydrogen-bond acceptors (Lipinski definition) is 2. The van der Waals surface area contributed by atoms with E-state index in [2.05, 4.69) is 26.1 Å². The van der Waals surface area contributed by atoms with Crippen molar-refractivity contribution in [3.05, 3.63) is 0 Å². The third kappa shape index (κ3) is 3.52. The van der Waals surface area contributed by atoms with Gasteiger partial charge < -0.3 is 10.1 Å². The second kappa shape index (κ2) is 7.08. The largest absolute Gasteiger partial charge is 0.374 e. The minimum absolute atomic E-state index is 0.122. The highest BCUT2D eigenvalue weighted by molar-refractivity contribution is 5.01. The Bertz CT molecular complexity index is 258. The number of ether oxygens (including phenoxy) is 1. The summed E-state index contributed by atoms with van der Waals surface area (Å²) < 4.78 is 6.41. The first-order valence-electron chi connectivity index (χ1n) is 8.59. The van der Waals surface area contributed by atoms with Crippen molar-refractivity contribution in [1.82, 2.24) is 5.32 Å². The molecule has 2 aliphatic carbocycles. The van der Waals surface area contributed by atoms with E-state index in [-0.39, 0.29) is 5.60 Å². The monoisotopic (exact) mass is 267 g/mol. The molecule has 0 aliphatic heterocycles. The van der Waals surface area contributed by atoms with Crippen molar-refractivity contribution in [2.45, 2.75) is 83.8 Å². The molecule has 0 aromatic carbocycles. The van der Waals surface area contributed by atoms with E-state index < -0.39 is 0 Å². The Balaban J connectivity index is 2.16. The van der Waals surface area contributed by atoms with Crippen LogP contribution in [-0.2, 0) is 4.74 Å². The molecule has 0 aromatic heterocycles. The molecule has 0 heterocycles. The first kappa shape index (κ1) is 15.3. The minimum atomic E-state index is 0.122. The number of likely N-dealkylation sites (N-methyl/N-ethyl adjacent to an activating group) is 1. The summed E-state index contributed by atoms with van der Waals surface area (Å²) >= 11 is 0. The maximum atomic E-state index is 6.41. The van der Waals surface area contributed by atoms with E-state index in [4.69, 9.17) is 4.74 Å². The molecule has 2 heteroatoms. The van der Waals surface area contributed by atoms with Gasteiger partial charge in [-0.05, 0) is 51.0 Å². The molecule has 0 saturated heterocycles. The number of nitrogens with one attached hydrogen (secondary N) is 1. The summed E-state index contributed by atoms with van der Waals surface area (Å²) in [5.41, 5.74) is 0.122. The fourth-order valence-electron chi connectivity index (χ4n) is 4.63. The third-order valence-corrected chi connectivity index (χ3v) is 5.28. The highest BCUT2D eigenvalue weighted by Crippen LogP contribution is 2.43. The highest BCUT2D eigenvalue weighted by Gasteiger charge is 2.46. The second-order valence-corrected chi connectivity index (χ2v) is 6.78. The van der Waals surface area contributed by atoms with Gasteiger partial charge in [0.2, 0.25) is 0 Å². The highest BCUT2D eigenvalue weighted by atomic mass is 16.5. The maximum Gasteiger partial charge on any atom is 0.0839 e. The zero-order valence-corrected chi connectivity index (χ0v) is 13.2. The molecule has 0 spiro atoms. The molecule has 0 aromatic rings. The maximum absolute atomic E-state index is 6.41. The molecule has 2 saturated carbocycles. The van der Waals surface area contributed by atoms with E-state index in [0.29, 0.717) is 6.04 Å². The summed E-state index contributed by atoms with van der Waals surface area (Å²) in [6, 6.07) is 0.586. The van der Waals surface area contributed by atoms with E-state index in [1.165, 1.54) is 51.4 Å². The van der Waals surface area contributed by atoms with E-state index in [1.807, 2.05) is 0 Å². The van der Waals surface area contributed by atoms with Crippen LogP contribution in [0.25, 0.3) is 0 Å². The Morgan fingerprint density at radius 2 is 1.89 bits per heavy atom. The summed E-state index contributed by atoms with van der Waals surface area (Å²) in [4.78, 5) is 0. The van der Waals surface area contributed by atoms with Crippen molar-refractivity contribution in [3.63, 3.8) is 0 Å². The summed E-state index contributed by atoms with van der Waals surface area (Å²) in [5, 5.41) is 3.82. The standard InChI is InChI=1S/C17H33NO/c1-4-18-16(15-10-6-7-11-15)17(19-5-2)12-8-9-14(3)13-17/h14-16,18H,4-13H2,1-3H3. The van der Waals surface area contributed by atoms with Gasteiger partial charge in [0.1, 0.15) is 0 Å². The van der Waals surface area contributed by atoms with Gasteiger partial charge >= 0.3 is 0 Å². The molecule has 2 nitrogen and oxygen atoms in total. The zero-order valence-electron chi connectivity index (χ0n) is 13.2. The molecule has 2 fully saturated rings. The summed E-state index contributed by atoms with van der Waals surface area (Å²) in [6.07, 6.45) is 10.9. The molecule has 0 bridgehead atoms. The van der Waals surface area contributed by atoms with Gasteiger partial charge in [0, 0.05) is 12.6 Å². The molecule has 0 amide bonds. The van der Waals surface area contributed by atoms with Crippen LogP contribution in [0.1, 0.15) is 72.1 Å². The number of hydrogen-bond donors (Lipinski definition) is 1. The van der Waals surface area contributed by atoms with Crippen molar-refractivity contribution in [2.75, 3.05) is 13.2 Å². The van der Waals surface area contributed by atoms with Gasteiger partial charge in [-0.2, -0.15) is 0 Å². The van der Waals surface area contributed by atoms with Crippen LogP contribution in [0.2, 0.25) is 0 Å². The lowest BCUT2D eigenvalue weighted by molar-refractivity contribution is -0.111. The third-order valence-electron chi connectivity index (χ3n) is 5.28. The fraction of sp³-hybridized carbons (Fsp3) is 1.00. The average molecular weight is 267 g/mol. The molecular weight excluding hydrogens is 234 g/mol. The van der Waals surface area contributed by atoms with Gasteiger partial charge in [-0.25, -0.2) is 0 Å². The Morgan fingerprint density at radius 1 is 1.16 bits per heavy atom. The Labute approximate surface area is 119 Å². The van der Waals surface area contributed by atoms with Crippen LogP contribution in [0.15, 0.2) is 0 Å². The molecule has 3 atom stereocenters. The molecule has 1 N–H and O–H groups in total. The SMILES string of the molecule is CCNC(C1CCCC1)C1(OCC)CCCC(C)C1. The normalized spacial score (nSPS) is 34.6. The summed E-state index contributed by atoms with van der Waals surface area (Å²) in [7, 11) is 0. The van der Waals surface area contributed by atoms with Crippen LogP contribution in [0.3, 0.4) is 0 Å². The van der Waals surface area contributed by atoms with Gasteiger partial charge in [0.25, 0.3) is 0 Å². The van der Waals surface area contributed by atoms with Crippen molar-refractivity contribution >= 4 is 0 Å². The number of rotatable bonds is 6. The Morgan fingerprint density at radius 3 is 2.47 bits per heavy atom. The van der Waals surface area contributed by atoms with Crippen LogP contribution in [-0.4, -0.2) is 24.8 Å². The van der Waals surface area contributed by atoms with Crippen LogP contribution in [0, 0.1) is 11.8 Å². The molecular formula is C17H33NO. The van der Waals surface area contributed by atoms with Crippen LogP contribution >= 0.6 is 0 Å². The first-order chi connectivity index (χ1) is 9.22. The van der Waals surface area contributed by atoms with Gasteiger partial charge in [-0.15, -0.1) is 0 Å². The van der Waals surface area contributed by atoms with Gasteiger partial charge in [-0.1, -0.05) is 39.5 Å². The molecule has 2 rings (SSSR count). The Hall–Kier alpha value is -0.0800. The molecule has 19 heavy (non-hydrogen) atoms. The van der Waals surface area contributed by atoms with Crippen molar-refractivity contribution in [3.8, 4) is 0 Å². The minimum Gasteiger partial charge on any atom is -0.374 e. The van der Waals surface area contributed by atoms with E-state index in [1.54, 1.807) is 0 Å². The molecule has 0 radical (unpaired) electrons. The summed E-state index contributed by atoms with van der Waals surface area (Å²) in [5.74, 6) is 1.67. The predicted molar refractivity (Wildman–Crippen MR) is 81.4 cm³/mol. The smallest absolute Gasteiger partial charge is 0.0839 e. The van der Waals surface area contributed by atoms with Crippen molar-refractivity contribution in [1.29, 1.82) is 0 Å². The van der Waals surface area contributed by atoms with Gasteiger partial charge in [-0.3, -0.25) is 0 Å². The van der Waals surface area contributed by atoms with Crippen molar-refractivity contribution < 1.29 is 4.74 Å². The van der Waals surface area contributed by atoms with Crippen LogP contribution < -0.4 is 5.32 Å². The lowest BCUT2D eigenvalue weighted by Gasteiger charge is -2.48. The van der Waals surface area contributed by atoms with E-state index in [9.17, 15) is 0 Å². The Kier molecular flexibility index (Phi) is 5.70. The quantitative estimate of drug-likeness (QED) is 0.781. The molecule has 3 unspecified atom stereocenters. The lowest BCUT2D eigenvalue weighted by Crippen LogP contribution is -2.57. The van der Waals surface area contributed by atoms with Gasteiger partial charge in [0.15, 0.2) is 0 Å². The summed E-state index contributed by atoms with van der Waals surface area (Å²) in [6.45, 7) is 8.75. The van der Waals surface area contributed by atoms with Crippen LogP contribution in [0.5, 0.6) is 0 Å². The predicted octanol–water partition coefficient (Wildman–Crippen LogP) is 4.14. The fourth-order valence-corrected chi connectivity index (χ4v) is 4.63. The van der Waals surface area contributed by atoms with E-state index in [0.717, 1.165) is 25.0 Å². The lowest BCUT2D eigenvalue weighted by atomic mass is 9.70. The molecule has 112 valence electrons. The average Bonchev–Trinajstić information content (AvgIpc) is 2.89. The van der Waals surface area contributed by atoms with Crippen molar-refractivity contribution in [2.24, 2.45) is 11.8 Å². The zero-order chi connectivity index (χ0) is 13.7. The first-order valence-corrected chi connectivity index (χ1v) is 8.59. The van der Waals surface area contributed by atoms with E-state index >= 15 is 0 Å².